The first-order chi connectivity index (χ1) is 12.9. The molecule has 0 aliphatic carbocycles. The number of hydrogen-bond donors (Lipinski definition) is 0. The predicted octanol–water partition coefficient (Wildman–Crippen LogP) is 4.47. The van der Waals surface area contributed by atoms with Gasteiger partial charge in [0.05, 0.1) is 0 Å². The molecule has 1 aliphatic heterocycles. The molecule has 0 bridgehead atoms. The van der Waals surface area contributed by atoms with Crippen molar-refractivity contribution < 1.29 is 4.57 Å². The van der Waals surface area contributed by atoms with Gasteiger partial charge in [-0.3, -0.25) is 0 Å². The minimum atomic E-state index is 0.243. The van der Waals surface area contributed by atoms with Crippen LogP contribution in [0.15, 0.2) is 60.1 Å². The summed E-state index contributed by atoms with van der Waals surface area (Å²) in [6, 6.07) is 20.0. The third kappa shape index (κ3) is 2.68. The second-order valence-electron chi connectivity index (χ2n) is 8.09. The Morgan fingerprint density at radius 2 is 1.63 bits per heavy atom. The van der Waals surface area contributed by atoms with Gasteiger partial charge in [0, 0.05) is 23.2 Å². The van der Waals surface area contributed by atoms with Gasteiger partial charge >= 0.3 is 6.85 Å². The van der Waals surface area contributed by atoms with E-state index in [0.717, 1.165) is 0 Å². The summed E-state index contributed by atoms with van der Waals surface area (Å²) in [4.78, 5) is 2.44. The monoisotopic (exact) mass is 355 g/mol. The van der Waals surface area contributed by atoms with Crippen LogP contribution in [0.1, 0.15) is 44.7 Å². The van der Waals surface area contributed by atoms with Crippen LogP contribution in [0.3, 0.4) is 0 Å². The molecular formula is C24H28BN2+. The molecule has 0 radical (unpaired) electrons. The van der Waals surface area contributed by atoms with Gasteiger partial charge in [0.15, 0.2) is 5.59 Å². The Hall–Kier alpha value is -2.55. The highest BCUT2D eigenvalue weighted by atomic mass is 15.1. The van der Waals surface area contributed by atoms with Crippen molar-refractivity contribution in [1.29, 1.82) is 0 Å². The van der Waals surface area contributed by atoms with Crippen LogP contribution >= 0.6 is 0 Å². The summed E-state index contributed by atoms with van der Waals surface area (Å²) in [5.41, 5.74) is 9.56. The summed E-state index contributed by atoms with van der Waals surface area (Å²) in [7, 11) is 4.43. The van der Waals surface area contributed by atoms with Gasteiger partial charge in [0.1, 0.15) is 7.05 Å². The van der Waals surface area contributed by atoms with Crippen LogP contribution in [0.4, 0.5) is 5.69 Å². The van der Waals surface area contributed by atoms with E-state index in [0.29, 0.717) is 5.92 Å². The van der Waals surface area contributed by atoms with E-state index in [2.05, 4.69) is 106 Å². The molecule has 2 heterocycles. The molecule has 0 N–H and O–H groups in total. The highest BCUT2D eigenvalue weighted by molar-refractivity contribution is 6.83. The van der Waals surface area contributed by atoms with Crippen LogP contribution in [0.25, 0.3) is 16.5 Å². The molecule has 0 unspecified atom stereocenters. The Morgan fingerprint density at radius 1 is 0.963 bits per heavy atom. The van der Waals surface area contributed by atoms with E-state index in [9.17, 15) is 0 Å². The standard InChI is InChI=1S/C24H28BN2/c1-16(2)21-15-24(26(5)22-13-9-8-12-20(21)22)25-18(4)17(3)19-11-7-10-14-23(19)27(25)6/h7-16H,1-6H3/q+1. The Kier molecular flexibility index (Phi) is 4.34. The lowest BCUT2D eigenvalue weighted by atomic mass is 9.47. The van der Waals surface area contributed by atoms with Gasteiger partial charge in [-0.15, -0.1) is 0 Å². The van der Waals surface area contributed by atoms with E-state index in [1.807, 2.05) is 0 Å². The number of aryl methyl sites for hydroxylation is 1. The number of nitrogens with zero attached hydrogens (tertiary/aromatic N) is 2. The molecule has 1 aromatic heterocycles. The lowest BCUT2D eigenvalue weighted by Crippen LogP contribution is -2.62. The second kappa shape index (κ2) is 6.56. The molecule has 0 saturated carbocycles. The van der Waals surface area contributed by atoms with Crippen molar-refractivity contribution >= 4 is 34.6 Å². The maximum absolute atomic E-state index is 2.44. The first-order valence-corrected chi connectivity index (χ1v) is 9.83. The number of aromatic nitrogens is 1. The number of allylic oxidation sites excluding steroid dienone is 2. The van der Waals surface area contributed by atoms with E-state index < -0.39 is 0 Å². The van der Waals surface area contributed by atoms with Crippen molar-refractivity contribution in [3.8, 4) is 0 Å². The normalized spacial score (nSPS) is 14.3. The molecule has 0 spiro atoms. The van der Waals surface area contributed by atoms with E-state index in [1.54, 1.807) is 0 Å². The summed E-state index contributed by atoms with van der Waals surface area (Å²) in [6.45, 7) is 9.38. The van der Waals surface area contributed by atoms with Gasteiger partial charge in [-0.25, -0.2) is 4.57 Å². The van der Waals surface area contributed by atoms with Gasteiger partial charge in [-0.05, 0) is 55.6 Å². The summed E-state index contributed by atoms with van der Waals surface area (Å²) < 4.78 is 2.38. The van der Waals surface area contributed by atoms with Gasteiger partial charge in [-0.2, -0.15) is 0 Å². The minimum Gasteiger partial charge on any atom is -0.404 e. The zero-order valence-corrected chi connectivity index (χ0v) is 17.2. The van der Waals surface area contributed by atoms with E-state index in [-0.39, 0.29) is 6.85 Å². The molecule has 0 atom stereocenters. The number of rotatable bonds is 2. The number of fused-ring (bicyclic) bond motifs is 2. The molecule has 1 aliphatic rings. The molecule has 3 heteroatoms. The lowest BCUT2D eigenvalue weighted by molar-refractivity contribution is -0.627. The molecule has 2 aromatic carbocycles. The molecule has 27 heavy (non-hydrogen) atoms. The molecule has 0 saturated heterocycles. The van der Waals surface area contributed by atoms with Crippen LogP contribution < -0.4 is 15.0 Å². The predicted molar refractivity (Wildman–Crippen MR) is 118 cm³/mol. The summed E-state index contributed by atoms with van der Waals surface area (Å²) in [5, 5.41) is 1.36. The van der Waals surface area contributed by atoms with Crippen LogP contribution in [0.5, 0.6) is 0 Å². The fraction of sp³-hybridized carbons (Fsp3) is 0.292. The van der Waals surface area contributed by atoms with Crippen LogP contribution in [0.2, 0.25) is 0 Å². The first-order valence-electron chi connectivity index (χ1n) is 9.83. The smallest absolute Gasteiger partial charge is 0.399 e. The zero-order chi connectivity index (χ0) is 19.3. The molecule has 0 fully saturated rings. The van der Waals surface area contributed by atoms with Gasteiger partial charge in [-0.1, -0.05) is 49.7 Å². The first kappa shape index (κ1) is 17.8. The third-order valence-electron chi connectivity index (χ3n) is 6.25. The minimum absolute atomic E-state index is 0.243. The number of anilines is 1. The van der Waals surface area contributed by atoms with E-state index in [4.69, 9.17) is 0 Å². The molecule has 3 aromatic rings. The van der Waals surface area contributed by atoms with Crippen LogP contribution in [0, 0.1) is 0 Å². The maximum atomic E-state index is 2.44. The Balaban J connectivity index is 2.00. The van der Waals surface area contributed by atoms with E-state index in [1.165, 1.54) is 44.4 Å². The molecule has 136 valence electrons. The van der Waals surface area contributed by atoms with Crippen molar-refractivity contribution in [2.75, 3.05) is 11.9 Å². The topological polar surface area (TPSA) is 7.12 Å². The number of para-hydroxylation sites is 2. The Labute approximate surface area is 163 Å². The average Bonchev–Trinajstić information content (AvgIpc) is 2.68. The second-order valence-corrected chi connectivity index (χ2v) is 8.09. The highest BCUT2D eigenvalue weighted by Gasteiger charge is 2.39. The summed E-state index contributed by atoms with van der Waals surface area (Å²) in [6.07, 6.45) is 0. The van der Waals surface area contributed by atoms with Crippen LogP contribution in [-0.2, 0) is 7.05 Å². The number of hydrogen-bond acceptors (Lipinski definition) is 1. The third-order valence-corrected chi connectivity index (χ3v) is 6.25. The van der Waals surface area contributed by atoms with E-state index >= 15 is 0 Å². The van der Waals surface area contributed by atoms with Crippen molar-refractivity contribution in [2.24, 2.45) is 7.05 Å². The fourth-order valence-electron chi connectivity index (χ4n) is 4.59. The highest BCUT2D eigenvalue weighted by Crippen LogP contribution is 2.35. The van der Waals surface area contributed by atoms with Crippen molar-refractivity contribution in [3.05, 3.63) is 71.2 Å². The molecule has 2 nitrogen and oxygen atoms in total. The Bertz CT molecular complexity index is 1070. The molecule has 0 amide bonds. The number of pyridine rings is 1. The fourth-order valence-corrected chi connectivity index (χ4v) is 4.59. The average molecular weight is 355 g/mol. The largest absolute Gasteiger partial charge is 0.404 e. The number of benzene rings is 2. The lowest BCUT2D eigenvalue weighted by Gasteiger charge is -2.34. The zero-order valence-electron chi connectivity index (χ0n) is 17.2. The van der Waals surface area contributed by atoms with Gasteiger partial charge in [0.2, 0.25) is 5.52 Å². The Morgan fingerprint density at radius 3 is 2.37 bits per heavy atom. The van der Waals surface area contributed by atoms with Crippen LogP contribution in [-0.4, -0.2) is 13.9 Å². The summed E-state index contributed by atoms with van der Waals surface area (Å²) in [5.74, 6) is 0.487. The quantitative estimate of drug-likeness (QED) is 0.486. The van der Waals surface area contributed by atoms with Gasteiger partial charge < -0.3 is 4.81 Å². The van der Waals surface area contributed by atoms with Gasteiger partial charge in [0.25, 0.3) is 0 Å². The molecular weight excluding hydrogens is 327 g/mol. The molecule has 4 rings (SSSR count). The SMILES string of the molecule is CC1=C(C)c2ccccc2N(C)B1c1cc(C(C)C)c2ccccc2[n+]1C. The van der Waals surface area contributed by atoms with Crippen molar-refractivity contribution in [1.82, 2.24) is 0 Å². The maximum Gasteiger partial charge on any atom is 0.399 e. The summed E-state index contributed by atoms with van der Waals surface area (Å²) >= 11 is 0. The van der Waals surface area contributed by atoms with Crippen molar-refractivity contribution in [3.63, 3.8) is 0 Å². The van der Waals surface area contributed by atoms with Crippen molar-refractivity contribution in [2.45, 2.75) is 33.6 Å².